The summed E-state index contributed by atoms with van der Waals surface area (Å²) in [5.74, 6) is -1.82. The van der Waals surface area contributed by atoms with E-state index in [0.717, 1.165) is 17.7 Å². The van der Waals surface area contributed by atoms with Crippen LogP contribution in [0.1, 0.15) is 15.9 Å². The van der Waals surface area contributed by atoms with E-state index in [9.17, 15) is 13.6 Å². The Morgan fingerprint density at radius 1 is 0.960 bits per heavy atom. The lowest BCUT2D eigenvalue weighted by molar-refractivity contribution is 0.102. The predicted octanol–water partition coefficient (Wildman–Crippen LogP) is 4.66. The number of halogens is 2. The molecule has 0 spiro atoms. The van der Waals surface area contributed by atoms with E-state index in [1.54, 1.807) is 6.07 Å². The van der Waals surface area contributed by atoms with Crippen LogP contribution in [0.2, 0.25) is 0 Å². The van der Waals surface area contributed by atoms with Gasteiger partial charge in [-0.2, -0.15) is 0 Å². The second kappa shape index (κ2) is 7.09. The number of nitrogens with zero attached hydrogens (tertiary/aromatic N) is 1. The highest BCUT2D eigenvalue weighted by Crippen LogP contribution is 2.23. The molecule has 2 aromatic carbocycles. The van der Waals surface area contributed by atoms with Gasteiger partial charge in [0, 0.05) is 11.9 Å². The van der Waals surface area contributed by atoms with Crippen LogP contribution in [-0.4, -0.2) is 10.9 Å². The fourth-order valence-corrected chi connectivity index (χ4v) is 2.32. The van der Waals surface area contributed by atoms with Crippen LogP contribution in [0.3, 0.4) is 0 Å². The Kier molecular flexibility index (Phi) is 4.70. The standard InChI is InChI=1S/C19H15F2N3O/c1-12-4-2-5-14(8-12)24-19(25)13-9-15(11-22-10-13)23-18-16(20)6-3-7-17(18)21/h2-11,23H,1H3,(H,24,25). The van der Waals surface area contributed by atoms with Crippen LogP contribution in [0, 0.1) is 18.6 Å². The molecule has 0 saturated carbocycles. The van der Waals surface area contributed by atoms with Gasteiger partial charge in [0.05, 0.1) is 17.4 Å². The lowest BCUT2D eigenvalue weighted by atomic mass is 10.2. The first kappa shape index (κ1) is 16.6. The van der Waals surface area contributed by atoms with Gasteiger partial charge in [0.1, 0.15) is 17.3 Å². The molecule has 126 valence electrons. The summed E-state index contributed by atoms with van der Waals surface area (Å²) in [6.45, 7) is 1.92. The number of benzene rings is 2. The van der Waals surface area contributed by atoms with Gasteiger partial charge in [0.15, 0.2) is 0 Å². The monoisotopic (exact) mass is 339 g/mol. The van der Waals surface area contributed by atoms with Crippen molar-refractivity contribution in [1.82, 2.24) is 4.98 Å². The Hall–Kier alpha value is -3.28. The summed E-state index contributed by atoms with van der Waals surface area (Å²) < 4.78 is 27.4. The summed E-state index contributed by atoms with van der Waals surface area (Å²) in [7, 11) is 0. The van der Waals surface area contributed by atoms with Gasteiger partial charge in [-0.1, -0.05) is 18.2 Å². The number of nitrogens with one attached hydrogen (secondary N) is 2. The molecule has 1 amide bonds. The SMILES string of the molecule is Cc1cccc(NC(=O)c2cncc(Nc3c(F)cccc3F)c2)c1. The average Bonchev–Trinajstić information content (AvgIpc) is 2.58. The molecule has 25 heavy (non-hydrogen) atoms. The topological polar surface area (TPSA) is 54.0 Å². The zero-order chi connectivity index (χ0) is 17.8. The first-order chi connectivity index (χ1) is 12.0. The van der Waals surface area contributed by atoms with Crippen LogP contribution in [0.25, 0.3) is 0 Å². The molecule has 0 bridgehead atoms. The van der Waals surface area contributed by atoms with Gasteiger partial charge >= 0.3 is 0 Å². The third-order valence-corrected chi connectivity index (χ3v) is 3.51. The minimum atomic E-state index is -0.727. The van der Waals surface area contributed by atoms with Crippen LogP contribution in [0.5, 0.6) is 0 Å². The Bertz CT molecular complexity index is 908. The molecular weight excluding hydrogens is 324 g/mol. The maximum atomic E-state index is 13.7. The van der Waals surface area contributed by atoms with E-state index >= 15 is 0 Å². The van der Waals surface area contributed by atoms with E-state index in [2.05, 4.69) is 15.6 Å². The molecule has 4 nitrogen and oxygen atoms in total. The smallest absolute Gasteiger partial charge is 0.257 e. The zero-order valence-corrected chi connectivity index (χ0v) is 13.4. The fourth-order valence-electron chi connectivity index (χ4n) is 2.32. The maximum absolute atomic E-state index is 13.7. The number of amides is 1. The average molecular weight is 339 g/mol. The highest BCUT2D eigenvalue weighted by Gasteiger charge is 2.11. The van der Waals surface area contributed by atoms with Gasteiger partial charge in [-0.25, -0.2) is 8.78 Å². The minimum absolute atomic E-state index is 0.267. The number of carbonyl (C=O) groups excluding carboxylic acids is 1. The number of para-hydroxylation sites is 1. The molecule has 0 aliphatic carbocycles. The Morgan fingerprint density at radius 3 is 2.40 bits per heavy atom. The van der Waals surface area contributed by atoms with Crippen molar-refractivity contribution in [1.29, 1.82) is 0 Å². The van der Waals surface area contributed by atoms with Gasteiger partial charge in [-0.05, 0) is 42.8 Å². The van der Waals surface area contributed by atoms with Gasteiger partial charge < -0.3 is 10.6 Å². The number of hydrogen-bond acceptors (Lipinski definition) is 3. The first-order valence-electron chi connectivity index (χ1n) is 7.57. The summed E-state index contributed by atoms with van der Waals surface area (Å²) in [5.41, 5.74) is 1.95. The third kappa shape index (κ3) is 3.98. The number of hydrogen-bond donors (Lipinski definition) is 2. The van der Waals surface area contributed by atoms with E-state index in [4.69, 9.17) is 0 Å². The quantitative estimate of drug-likeness (QED) is 0.727. The van der Waals surface area contributed by atoms with Crippen molar-refractivity contribution in [3.8, 4) is 0 Å². The summed E-state index contributed by atoms with van der Waals surface area (Å²) >= 11 is 0. The van der Waals surface area contributed by atoms with Crippen molar-refractivity contribution in [2.75, 3.05) is 10.6 Å². The van der Waals surface area contributed by atoms with Crippen molar-refractivity contribution >= 4 is 23.0 Å². The van der Waals surface area contributed by atoms with E-state index in [0.29, 0.717) is 11.4 Å². The molecule has 0 radical (unpaired) electrons. The largest absolute Gasteiger partial charge is 0.349 e. The normalized spacial score (nSPS) is 10.4. The number of anilines is 3. The van der Waals surface area contributed by atoms with Crippen molar-refractivity contribution in [3.63, 3.8) is 0 Å². The van der Waals surface area contributed by atoms with Gasteiger partial charge in [-0.15, -0.1) is 0 Å². The molecule has 6 heteroatoms. The molecule has 3 aromatic rings. The molecular formula is C19H15F2N3O. The van der Waals surface area contributed by atoms with E-state index in [-0.39, 0.29) is 17.2 Å². The Labute approximate surface area is 143 Å². The molecule has 1 heterocycles. The number of pyridine rings is 1. The Morgan fingerprint density at radius 2 is 1.68 bits per heavy atom. The Balaban J connectivity index is 1.80. The van der Waals surface area contributed by atoms with Gasteiger partial charge in [0.2, 0.25) is 0 Å². The third-order valence-electron chi connectivity index (χ3n) is 3.51. The maximum Gasteiger partial charge on any atom is 0.257 e. The van der Waals surface area contributed by atoms with Crippen LogP contribution >= 0.6 is 0 Å². The van der Waals surface area contributed by atoms with Crippen LogP contribution in [0.15, 0.2) is 60.9 Å². The summed E-state index contributed by atoms with van der Waals surface area (Å²) in [4.78, 5) is 16.3. The molecule has 0 aliphatic rings. The van der Waals surface area contributed by atoms with Crippen molar-refractivity contribution < 1.29 is 13.6 Å². The van der Waals surface area contributed by atoms with Gasteiger partial charge in [0.25, 0.3) is 5.91 Å². The van der Waals surface area contributed by atoms with Gasteiger partial charge in [-0.3, -0.25) is 9.78 Å². The second-order valence-electron chi connectivity index (χ2n) is 5.51. The van der Waals surface area contributed by atoms with E-state index in [1.807, 2.05) is 25.1 Å². The molecule has 1 aromatic heterocycles. The lowest BCUT2D eigenvalue weighted by Crippen LogP contribution is -2.12. The molecule has 0 saturated heterocycles. The van der Waals surface area contributed by atoms with E-state index < -0.39 is 11.6 Å². The number of aryl methyl sites for hydroxylation is 1. The fraction of sp³-hybridized carbons (Fsp3) is 0.0526. The summed E-state index contributed by atoms with van der Waals surface area (Å²) in [6.07, 6.45) is 2.77. The molecule has 3 rings (SSSR count). The second-order valence-corrected chi connectivity index (χ2v) is 5.51. The summed E-state index contributed by atoms with van der Waals surface area (Å²) in [6, 6.07) is 12.4. The van der Waals surface area contributed by atoms with E-state index in [1.165, 1.54) is 24.5 Å². The van der Waals surface area contributed by atoms with Crippen LogP contribution < -0.4 is 10.6 Å². The molecule has 0 unspecified atom stereocenters. The number of carbonyl (C=O) groups is 1. The van der Waals surface area contributed by atoms with Crippen molar-refractivity contribution in [2.45, 2.75) is 6.92 Å². The highest BCUT2D eigenvalue weighted by atomic mass is 19.1. The highest BCUT2D eigenvalue weighted by molar-refractivity contribution is 6.04. The molecule has 0 aliphatic heterocycles. The zero-order valence-electron chi connectivity index (χ0n) is 13.4. The minimum Gasteiger partial charge on any atom is -0.349 e. The number of rotatable bonds is 4. The van der Waals surface area contributed by atoms with Crippen LogP contribution in [-0.2, 0) is 0 Å². The molecule has 0 atom stereocenters. The van der Waals surface area contributed by atoms with Crippen molar-refractivity contribution in [3.05, 3.63) is 83.7 Å². The molecule has 0 fully saturated rings. The predicted molar refractivity (Wildman–Crippen MR) is 93.0 cm³/mol. The lowest BCUT2D eigenvalue weighted by Gasteiger charge is -2.10. The first-order valence-corrected chi connectivity index (χ1v) is 7.57. The summed E-state index contributed by atoms with van der Waals surface area (Å²) in [5, 5.41) is 5.37. The van der Waals surface area contributed by atoms with Crippen molar-refractivity contribution in [2.24, 2.45) is 0 Å². The van der Waals surface area contributed by atoms with Crippen LogP contribution in [0.4, 0.5) is 25.8 Å². The number of aromatic nitrogens is 1. The molecule has 2 N–H and O–H groups in total.